The van der Waals surface area contributed by atoms with Crippen LogP contribution in [0.15, 0.2) is 36.4 Å². The van der Waals surface area contributed by atoms with Gasteiger partial charge >= 0.3 is 12.1 Å². The number of hydrogen-bond donors (Lipinski definition) is 3. The predicted molar refractivity (Wildman–Crippen MR) is 122 cm³/mol. The molecular formula is C24H32F3N3O4. The number of nitrogens with one attached hydrogen (secondary N) is 1. The standard InChI is InChI=1S/C22H31N3O2.C2HF3O2/c1-16(22(23)27)24-19(15-17-7-3-2-4-8-17)11-12-21(26)25-14-13-18-9-5-6-10-20(18)25;3-2(4,5)1(6)7/h5-6,9-12,16-17,19,24H,2-4,7-8,13-15H2,1H3,(H2,23,27);(H,6,7)/b12-11+;/t16-,19+;/m0./s1. The summed E-state index contributed by atoms with van der Waals surface area (Å²) in [7, 11) is 0. The fourth-order valence-corrected chi connectivity index (χ4v) is 4.24. The molecule has 0 aromatic heterocycles. The lowest BCUT2D eigenvalue weighted by Crippen LogP contribution is -2.44. The topological polar surface area (TPSA) is 113 Å². The normalized spacial score (nSPS) is 18.1. The van der Waals surface area contributed by atoms with E-state index in [0.717, 1.165) is 25.1 Å². The van der Waals surface area contributed by atoms with Crippen LogP contribution in [0.3, 0.4) is 0 Å². The number of carbonyl (C=O) groups is 3. The first-order chi connectivity index (χ1) is 16.0. The van der Waals surface area contributed by atoms with Gasteiger partial charge in [0.2, 0.25) is 5.91 Å². The molecule has 1 fully saturated rings. The van der Waals surface area contributed by atoms with Crippen LogP contribution in [-0.4, -0.2) is 47.7 Å². The zero-order chi connectivity index (χ0) is 25.3. The van der Waals surface area contributed by atoms with E-state index in [1.54, 1.807) is 13.0 Å². The Balaban J connectivity index is 0.000000509. The highest BCUT2D eigenvalue weighted by Gasteiger charge is 2.38. The first kappa shape index (κ1) is 27.4. The Labute approximate surface area is 197 Å². The second kappa shape index (κ2) is 12.5. The van der Waals surface area contributed by atoms with E-state index in [2.05, 4.69) is 11.4 Å². The second-order valence-corrected chi connectivity index (χ2v) is 8.67. The number of alkyl halides is 3. The summed E-state index contributed by atoms with van der Waals surface area (Å²) in [5.74, 6) is -2.48. The van der Waals surface area contributed by atoms with Crippen LogP contribution in [0.4, 0.5) is 18.9 Å². The quantitative estimate of drug-likeness (QED) is 0.514. The Kier molecular flexibility index (Phi) is 10.1. The van der Waals surface area contributed by atoms with Crippen molar-refractivity contribution in [3.05, 3.63) is 42.0 Å². The monoisotopic (exact) mass is 483 g/mol. The minimum Gasteiger partial charge on any atom is -0.475 e. The van der Waals surface area contributed by atoms with E-state index in [-0.39, 0.29) is 17.9 Å². The number of nitrogens with zero attached hydrogens (tertiary/aromatic N) is 1. The Hall–Kier alpha value is -2.88. The number of halogens is 3. The minimum atomic E-state index is -5.08. The molecule has 1 aliphatic carbocycles. The maximum Gasteiger partial charge on any atom is 0.490 e. The van der Waals surface area contributed by atoms with Crippen LogP contribution in [-0.2, 0) is 20.8 Å². The molecule has 1 saturated carbocycles. The van der Waals surface area contributed by atoms with Gasteiger partial charge in [0.1, 0.15) is 0 Å². The third-order valence-electron chi connectivity index (χ3n) is 6.07. The van der Waals surface area contributed by atoms with Gasteiger partial charge in [0.15, 0.2) is 0 Å². The summed E-state index contributed by atoms with van der Waals surface area (Å²) in [6.07, 6.45) is 6.67. The molecule has 188 valence electrons. The Morgan fingerprint density at radius 1 is 1.21 bits per heavy atom. The van der Waals surface area contributed by atoms with Crippen LogP contribution in [0.2, 0.25) is 0 Å². The SMILES string of the molecule is C[C@H](N[C@H](/C=C/C(=O)N1CCc2ccccc21)CC1CCCCC1)C(N)=O.O=C(O)C(F)(F)F. The van der Waals surface area contributed by atoms with Crippen molar-refractivity contribution in [3.63, 3.8) is 0 Å². The number of hydrogen-bond acceptors (Lipinski definition) is 4. The number of nitrogens with two attached hydrogens (primary N) is 1. The van der Waals surface area contributed by atoms with Crippen molar-refractivity contribution in [3.8, 4) is 0 Å². The van der Waals surface area contributed by atoms with E-state index in [0.29, 0.717) is 5.92 Å². The molecule has 0 bridgehead atoms. The first-order valence-electron chi connectivity index (χ1n) is 11.4. The molecule has 3 rings (SSSR count). The van der Waals surface area contributed by atoms with Crippen molar-refractivity contribution in [2.45, 2.75) is 70.1 Å². The number of anilines is 1. The molecule has 1 aromatic rings. The summed E-state index contributed by atoms with van der Waals surface area (Å²) in [5, 5.41) is 10.4. The fraction of sp³-hybridized carbons (Fsp3) is 0.542. The molecule has 0 radical (unpaired) electrons. The number of primary amides is 1. The van der Waals surface area contributed by atoms with Crippen LogP contribution in [0.1, 0.15) is 51.0 Å². The van der Waals surface area contributed by atoms with E-state index in [1.165, 1.54) is 37.7 Å². The van der Waals surface area contributed by atoms with Crippen molar-refractivity contribution < 1.29 is 32.7 Å². The van der Waals surface area contributed by atoms with E-state index in [4.69, 9.17) is 15.6 Å². The molecule has 0 unspecified atom stereocenters. The third-order valence-corrected chi connectivity index (χ3v) is 6.07. The maximum absolute atomic E-state index is 12.7. The van der Waals surface area contributed by atoms with Crippen LogP contribution in [0.5, 0.6) is 0 Å². The molecular weight excluding hydrogens is 451 g/mol. The van der Waals surface area contributed by atoms with Crippen LogP contribution >= 0.6 is 0 Å². The highest BCUT2D eigenvalue weighted by molar-refractivity contribution is 6.02. The summed E-state index contributed by atoms with van der Waals surface area (Å²) >= 11 is 0. The van der Waals surface area contributed by atoms with Gasteiger partial charge in [-0.3, -0.25) is 14.9 Å². The largest absolute Gasteiger partial charge is 0.490 e. The molecule has 2 atom stereocenters. The zero-order valence-electron chi connectivity index (χ0n) is 19.2. The van der Waals surface area contributed by atoms with Gasteiger partial charge in [-0.1, -0.05) is 56.4 Å². The Bertz CT molecular complexity index is 882. The van der Waals surface area contributed by atoms with Crippen molar-refractivity contribution >= 4 is 23.5 Å². The molecule has 0 spiro atoms. The molecule has 34 heavy (non-hydrogen) atoms. The van der Waals surface area contributed by atoms with Gasteiger partial charge in [-0.2, -0.15) is 13.2 Å². The average Bonchev–Trinajstić information content (AvgIpc) is 3.22. The molecule has 4 N–H and O–H groups in total. The third kappa shape index (κ3) is 8.48. The van der Waals surface area contributed by atoms with Gasteiger partial charge in [0, 0.05) is 24.4 Å². The number of para-hydroxylation sites is 1. The number of amides is 2. The lowest BCUT2D eigenvalue weighted by atomic mass is 9.84. The van der Waals surface area contributed by atoms with E-state index in [1.807, 2.05) is 29.2 Å². The van der Waals surface area contributed by atoms with Crippen molar-refractivity contribution in [2.75, 3.05) is 11.4 Å². The number of aliphatic carboxylic acids is 1. The molecule has 2 aliphatic rings. The van der Waals surface area contributed by atoms with E-state index >= 15 is 0 Å². The van der Waals surface area contributed by atoms with Gasteiger partial charge in [-0.25, -0.2) is 4.79 Å². The fourth-order valence-electron chi connectivity index (χ4n) is 4.24. The van der Waals surface area contributed by atoms with Gasteiger partial charge < -0.3 is 15.7 Å². The second-order valence-electron chi connectivity index (χ2n) is 8.67. The predicted octanol–water partition coefficient (Wildman–Crippen LogP) is 3.57. The molecule has 7 nitrogen and oxygen atoms in total. The van der Waals surface area contributed by atoms with Crippen LogP contribution in [0, 0.1) is 5.92 Å². The average molecular weight is 484 g/mol. The van der Waals surface area contributed by atoms with Crippen LogP contribution < -0.4 is 16.0 Å². The number of carboxylic acids is 1. The summed E-state index contributed by atoms with van der Waals surface area (Å²) in [5.41, 5.74) is 7.65. The molecule has 1 aromatic carbocycles. The van der Waals surface area contributed by atoms with Gasteiger partial charge in [-0.15, -0.1) is 0 Å². The Morgan fingerprint density at radius 2 is 1.82 bits per heavy atom. The summed E-state index contributed by atoms with van der Waals surface area (Å²) in [6.45, 7) is 2.50. The van der Waals surface area contributed by atoms with E-state index < -0.39 is 18.2 Å². The molecule has 1 aliphatic heterocycles. The lowest BCUT2D eigenvalue weighted by molar-refractivity contribution is -0.192. The smallest absolute Gasteiger partial charge is 0.475 e. The minimum absolute atomic E-state index is 0.00197. The highest BCUT2D eigenvalue weighted by atomic mass is 19.4. The number of fused-ring (bicyclic) bond motifs is 1. The highest BCUT2D eigenvalue weighted by Crippen LogP contribution is 2.29. The van der Waals surface area contributed by atoms with Crippen molar-refractivity contribution in [1.29, 1.82) is 0 Å². The Morgan fingerprint density at radius 3 is 2.41 bits per heavy atom. The number of carboxylic acid groups (broad SMARTS) is 1. The van der Waals surface area contributed by atoms with Crippen molar-refractivity contribution in [2.24, 2.45) is 11.7 Å². The lowest BCUT2D eigenvalue weighted by Gasteiger charge is -2.27. The maximum atomic E-state index is 12.7. The molecule has 10 heteroatoms. The van der Waals surface area contributed by atoms with E-state index in [9.17, 15) is 22.8 Å². The number of carbonyl (C=O) groups excluding carboxylic acids is 2. The summed E-state index contributed by atoms with van der Waals surface area (Å²) in [6, 6.07) is 7.63. The van der Waals surface area contributed by atoms with Gasteiger partial charge in [0.05, 0.1) is 6.04 Å². The summed E-state index contributed by atoms with van der Waals surface area (Å²) < 4.78 is 31.7. The van der Waals surface area contributed by atoms with Gasteiger partial charge in [-0.05, 0) is 37.3 Å². The zero-order valence-corrected chi connectivity index (χ0v) is 19.2. The van der Waals surface area contributed by atoms with Crippen LogP contribution in [0.25, 0.3) is 0 Å². The first-order valence-corrected chi connectivity index (χ1v) is 11.4. The van der Waals surface area contributed by atoms with Gasteiger partial charge in [0.25, 0.3) is 5.91 Å². The summed E-state index contributed by atoms with van der Waals surface area (Å²) in [4.78, 5) is 34.9. The number of benzene rings is 1. The molecule has 0 saturated heterocycles. The molecule has 1 heterocycles. The molecule has 2 amide bonds. The van der Waals surface area contributed by atoms with Crippen molar-refractivity contribution in [1.82, 2.24) is 5.32 Å². The number of rotatable bonds is 7.